The number of rotatable bonds is 7. The Morgan fingerprint density at radius 3 is 2.17 bits per heavy atom. The van der Waals surface area contributed by atoms with E-state index >= 15 is 0 Å². The molecular formula is C16H23N3O4. The molecule has 0 aliphatic carbocycles. The van der Waals surface area contributed by atoms with E-state index in [-0.39, 0.29) is 29.6 Å². The summed E-state index contributed by atoms with van der Waals surface area (Å²) in [6.45, 7) is 7.23. The highest BCUT2D eigenvalue weighted by Crippen LogP contribution is 2.20. The highest BCUT2D eigenvalue weighted by molar-refractivity contribution is 5.81. The number of methoxy groups -OCH3 is 2. The van der Waals surface area contributed by atoms with Crippen molar-refractivity contribution in [2.75, 3.05) is 14.2 Å². The smallest absolute Gasteiger partial charge is 0.323 e. The second-order valence-electron chi connectivity index (χ2n) is 5.49. The SMILES string of the molecule is C#CC(C)(NC(=O)C(C)Oc1nc(OC)cc(OC)n1)C(C)C. The lowest BCUT2D eigenvalue weighted by atomic mass is 9.89. The van der Waals surface area contributed by atoms with Crippen molar-refractivity contribution in [3.8, 4) is 30.1 Å². The molecule has 0 fully saturated rings. The second kappa shape index (κ2) is 7.68. The minimum atomic E-state index is -0.835. The fourth-order valence-corrected chi connectivity index (χ4v) is 1.56. The molecule has 0 bridgehead atoms. The van der Waals surface area contributed by atoms with Crippen LogP contribution in [0.4, 0.5) is 0 Å². The third-order valence-electron chi connectivity index (χ3n) is 3.57. The number of nitrogens with zero attached hydrogens (tertiary/aromatic N) is 2. The molecule has 1 aromatic rings. The summed E-state index contributed by atoms with van der Waals surface area (Å²) in [6.07, 6.45) is 4.69. The summed E-state index contributed by atoms with van der Waals surface area (Å²) in [4.78, 5) is 20.3. The summed E-state index contributed by atoms with van der Waals surface area (Å²) in [6, 6.07) is 1.49. The molecule has 0 aromatic carbocycles. The average Bonchev–Trinajstić information content (AvgIpc) is 2.53. The monoisotopic (exact) mass is 321 g/mol. The molecule has 1 rings (SSSR count). The Balaban J connectivity index is 2.85. The molecule has 0 aliphatic rings. The maximum Gasteiger partial charge on any atom is 0.323 e. The summed E-state index contributed by atoms with van der Waals surface area (Å²) < 4.78 is 15.5. The molecule has 23 heavy (non-hydrogen) atoms. The Bertz CT molecular complexity index is 575. The van der Waals surface area contributed by atoms with E-state index in [1.807, 2.05) is 13.8 Å². The van der Waals surface area contributed by atoms with E-state index in [4.69, 9.17) is 20.6 Å². The van der Waals surface area contributed by atoms with Crippen molar-refractivity contribution < 1.29 is 19.0 Å². The predicted molar refractivity (Wildman–Crippen MR) is 85.4 cm³/mol. The van der Waals surface area contributed by atoms with Gasteiger partial charge in [-0.05, 0) is 19.8 Å². The lowest BCUT2D eigenvalue weighted by molar-refractivity contribution is -0.129. The predicted octanol–water partition coefficient (Wildman–Crippen LogP) is 1.43. The number of carbonyl (C=O) groups is 1. The average molecular weight is 321 g/mol. The van der Waals surface area contributed by atoms with Crippen molar-refractivity contribution in [1.29, 1.82) is 0 Å². The molecular weight excluding hydrogens is 298 g/mol. The summed E-state index contributed by atoms with van der Waals surface area (Å²) in [5, 5.41) is 2.80. The molecule has 0 saturated heterocycles. The van der Waals surface area contributed by atoms with Gasteiger partial charge in [0.15, 0.2) is 6.10 Å². The maximum absolute atomic E-state index is 12.3. The quantitative estimate of drug-likeness (QED) is 0.765. The van der Waals surface area contributed by atoms with Gasteiger partial charge in [-0.15, -0.1) is 6.42 Å². The topological polar surface area (TPSA) is 82.6 Å². The molecule has 1 amide bonds. The molecule has 7 nitrogen and oxygen atoms in total. The first-order valence-corrected chi connectivity index (χ1v) is 7.19. The Labute approximate surface area is 136 Å². The largest absolute Gasteiger partial charge is 0.481 e. The Hall–Kier alpha value is -2.49. The van der Waals surface area contributed by atoms with Crippen LogP contribution in [-0.4, -0.2) is 41.7 Å². The van der Waals surface area contributed by atoms with E-state index in [1.54, 1.807) is 13.8 Å². The first-order chi connectivity index (χ1) is 10.8. The van der Waals surface area contributed by atoms with Crippen LogP contribution < -0.4 is 19.5 Å². The number of hydrogen-bond acceptors (Lipinski definition) is 6. The zero-order chi connectivity index (χ0) is 17.6. The van der Waals surface area contributed by atoms with Gasteiger partial charge >= 0.3 is 6.01 Å². The van der Waals surface area contributed by atoms with Gasteiger partial charge in [-0.1, -0.05) is 19.8 Å². The van der Waals surface area contributed by atoms with Crippen molar-refractivity contribution in [2.45, 2.75) is 39.3 Å². The van der Waals surface area contributed by atoms with Crippen LogP contribution in [0.1, 0.15) is 27.7 Å². The van der Waals surface area contributed by atoms with E-state index in [9.17, 15) is 4.79 Å². The van der Waals surface area contributed by atoms with Crippen LogP contribution in [0.25, 0.3) is 0 Å². The Kier molecular flexibility index (Phi) is 6.19. The number of hydrogen-bond donors (Lipinski definition) is 1. The Morgan fingerprint density at radius 2 is 1.78 bits per heavy atom. The molecule has 1 heterocycles. The van der Waals surface area contributed by atoms with Gasteiger partial charge in [0.1, 0.15) is 5.54 Å². The molecule has 1 aromatic heterocycles. The van der Waals surface area contributed by atoms with Gasteiger partial charge in [0.25, 0.3) is 5.91 Å². The van der Waals surface area contributed by atoms with Gasteiger partial charge in [-0.25, -0.2) is 0 Å². The van der Waals surface area contributed by atoms with E-state index in [1.165, 1.54) is 20.3 Å². The summed E-state index contributed by atoms with van der Waals surface area (Å²) in [5.74, 6) is 2.86. The van der Waals surface area contributed by atoms with Crippen molar-refractivity contribution in [2.24, 2.45) is 5.92 Å². The zero-order valence-corrected chi connectivity index (χ0v) is 14.3. The van der Waals surface area contributed by atoms with E-state index in [2.05, 4.69) is 21.2 Å². The van der Waals surface area contributed by atoms with Crippen molar-refractivity contribution >= 4 is 5.91 Å². The van der Waals surface area contributed by atoms with Crippen LogP contribution in [0.5, 0.6) is 17.8 Å². The van der Waals surface area contributed by atoms with Crippen LogP contribution in [0.3, 0.4) is 0 Å². The van der Waals surface area contributed by atoms with Crippen LogP contribution in [0, 0.1) is 18.3 Å². The van der Waals surface area contributed by atoms with Gasteiger partial charge in [-0.3, -0.25) is 4.79 Å². The molecule has 0 radical (unpaired) electrons. The van der Waals surface area contributed by atoms with E-state index in [0.717, 1.165) is 0 Å². The maximum atomic E-state index is 12.3. The molecule has 126 valence electrons. The lowest BCUT2D eigenvalue weighted by Crippen LogP contribution is -2.52. The minimum Gasteiger partial charge on any atom is -0.481 e. The zero-order valence-electron chi connectivity index (χ0n) is 14.3. The number of nitrogens with one attached hydrogen (secondary N) is 1. The van der Waals surface area contributed by atoms with Gasteiger partial charge in [0, 0.05) is 0 Å². The first kappa shape index (κ1) is 18.6. The van der Waals surface area contributed by atoms with Gasteiger partial charge < -0.3 is 19.5 Å². The summed E-state index contributed by atoms with van der Waals surface area (Å²) >= 11 is 0. The van der Waals surface area contributed by atoms with Crippen molar-refractivity contribution in [1.82, 2.24) is 15.3 Å². The number of ether oxygens (including phenoxy) is 3. The standard InChI is InChI=1S/C16H23N3O4/c1-8-16(5,10(2)3)19-14(20)11(4)23-15-17-12(21-6)9-13(18-15)22-7/h1,9-11H,2-7H3,(H,19,20). The second-order valence-corrected chi connectivity index (χ2v) is 5.49. The highest BCUT2D eigenvalue weighted by Gasteiger charge is 2.30. The highest BCUT2D eigenvalue weighted by atomic mass is 16.5. The molecule has 0 saturated carbocycles. The number of aromatic nitrogens is 2. The van der Waals surface area contributed by atoms with E-state index in [0.29, 0.717) is 0 Å². The van der Waals surface area contributed by atoms with Crippen LogP contribution >= 0.6 is 0 Å². The summed E-state index contributed by atoms with van der Waals surface area (Å²) in [5.41, 5.74) is -0.762. The Morgan fingerprint density at radius 1 is 1.26 bits per heavy atom. The van der Waals surface area contributed by atoms with Crippen molar-refractivity contribution in [3.63, 3.8) is 0 Å². The first-order valence-electron chi connectivity index (χ1n) is 7.19. The normalized spacial score (nSPS) is 14.3. The fourth-order valence-electron chi connectivity index (χ4n) is 1.56. The van der Waals surface area contributed by atoms with Crippen LogP contribution in [0.15, 0.2) is 6.07 Å². The van der Waals surface area contributed by atoms with Crippen LogP contribution in [-0.2, 0) is 4.79 Å². The number of carbonyl (C=O) groups excluding carboxylic acids is 1. The molecule has 1 N–H and O–H groups in total. The molecule has 7 heteroatoms. The van der Waals surface area contributed by atoms with Gasteiger partial charge in [0.05, 0.1) is 20.3 Å². The van der Waals surface area contributed by atoms with Crippen molar-refractivity contribution in [3.05, 3.63) is 6.07 Å². The van der Waals surface area contributed by atoms with E-state index < -0.39 is 11.6 Å². The van der Waals surface area contributed by atoms with Gasteiger partial charge in [-0.2, -0.15) is 9.97 Å². The molecule has 0 aliphatic heterocycles. The third kappa shape index (κ3) is 4.74. The molecule has 2 unspecified atom stereocenters. The third-order valence-corrected chi connectivity index (χ3v) is 3.57. The fraction of sp³-hybridized carbons (Fsp3) is 0.562. The van der Waals surface area contributed by atoms with Gasteiger partial charge in [0.2, 0.25) is 11.8 Å². The molecule has 2 atom stereocenters. The molecule has 0 spiro atoms. The number of terminal acetylenes is 1. The number of amides is 1. The summed E-state index contributed by atoms with van der Waals surface area (Å²) in [7, 11) is 2.92. The van der Waals surface area contributed by atoms with Crippen LogP contribution in [0.2, 0.25) is 0 Å². The minimum absolute atomic E-state index is 0.0178. The lowest BCUT2D eigenvalue weighted by Gasteiger charge is -2.30.